The average molecular weight is 266 g/mol. The van der Waals surface area contributed by atoms with E-state index in [4.69, 9.17) is 5.73 Å². The molecule has 1 aromatic heterocycles. The summed E-state index contributed by atoms with van der Waals surface area (Å²) in [5.41, 5.74) is 6.19. The summed E-state index contributed by atoms with van der Waals surface area (Å²) in [4.78, 5) is 28.8. The van der Waals surface area contributed by atoms with Gasteiger partial charge in [-0.2, -0.15) is 0 Å². The number of nitrogen functional groups attached to an aromatic ring is 1. The van der Waals surface area contributed by atoms with Gasteiger partial charge < -0.3 is 20.7 Å². The number of nitrogens with one attached hydrogen (secondary N) is 1. The van der Waals surface area contributed by atoms with Gasteiger partial charge >= 0.3 is 5.97 Å². The number of carbonyl (C=O) groups is 2. The quantitative estimate of drug-likeness (QED) is 0.729. The predicted molar refractivity (Wildman–Crippen MR) is 71.9 cm³/mol. The highest BCUT2D eigenvalue weighted by Crippen LogP contribution is 2.19. The average Bonchev–Trinajstić information content (AvgIpc) is 2.37. The summed E-state index contributed by atoms with van der Waals surface area (Å²) >= 11 is 0. The van der Waals surface area contributed by atoms with Crippen molar-refractivity contribution < 1.29 is 14.3 Å². The number of hydrogen-bond donors (Lipinski definition) is 2. The highest BCUT2D eigenvalue weighted by molar-refractivity contribution is 5.96. The topological polar surface area (TPSA) is 97.5 Å². The molecule has 0 aromatic carbocycles. The smallest absolute Gasteiger partial charge is 0.341 e. The number of amides is 1. The molecule has 1 aromatic rings. The van der Waals surface area contributed by atoms with Crippen molar-refractivity contribution in [2.24, 2.45) is 0 Å². The van der Waals surface area contributed by atoms with Crippen LogP contribution >= 0.6 is 0 Å². The van der Waals surface area contributed by atoms with Crippen LogP contribution in [0.4, 0.5) is 11.5 Å². The van der Waals surface area contributed by atoms with Gasteiger partial charge in [-0.05, 0) is 13.0 Å². The zero-order valence-electron chi connectivity index (χ0n) is 11.3. The van der Waals surface area contributed by atoms with Crippen LogP contribution in [-0.4, -0.2) is 44.1 Å². The number of methoxy groups -OCH3 is 1. The minimum Gasteiger partial charge on any atom is -0.465 e. The van der Waals surface area contributed by atoms with Crippen LogP contribution in [-0.2, 0) is 9.53 Å². The third-order valence-corrected chi connectivity index (χ3v) is 2.41. The zero-order valence-corrected chi connectivity index (χ0v) is 11.3. The molecule has 19 heavy (non-hydrogen) atoms. The Morgan fingerprint density at radius 3 is 2.79 bits per heavy atom. The molecule has 0 atom stereocenters. The number of nitrogens with zero attached hydrogens (tertiary/aromatic N) is 2. The number of pyridine rings is 1. The molecule has 1 amide bonds. The van der Waals surface area contributed by atoms with Crippen LogP contribution in [0, 0.1) is 0 Å². The van der Waals surface area contributed by atoms with Crippen LogP contribution in [0.2, 0.25) is 0 Å². The lowest BCUT2D eigenvalue weighted by molar-refractivity contribution is -0.119. The number of hydrogen-bond acceptors (Lipinski definition) is 6. The van der Waals surface area contributed by atoms with Crippen molar-refractivity contribution in [2.45, 2.75) is 6.92 Å². The van der Waals surface area contributed by atoms with Gasteiger partial charge in [-0.25, -0.2) is 9.78 Å². The summed E-state index contributed by atoms with van der Waals surface area (Å²) in [6, 6.07) is 1.47. The Morgan fingerprint density at radius 2 is 2.21 bits per heavy atom. The number of ether oxygens (including phenoxy) is 1. The molecule has 1 rings (SSSR count). The number of anilines is 2. The highest BCUT2D eigenvalue weighted by atomic mass is 16.5. The fourth-order valence-corrected chi connectivity index (χ4v) is 1.58. The van der Waals surface area contributed by atoms with E-state index in [1.54, 1.807) is 11.9 Å². The fraction of sp³-hybridized carbons (Fsp3) is 0.417. The number of rotatable bonds is 5. The lowest BCUT2D eigenvalue weighted by Gasteiger charge is -2.19. The maximum absolute atomic E-state index is 11.7. The largest absolute Gasteiger partial charge is 0.465 e. The first-order chi connectivity index (χ1) is 8.99. The van der Waals surface area contributed by atoms with E-state index in [0.29, 0.717) is 18.1 Å². The molecule has 1 heterocycles. The maximum Gasteiger partial charge on any atom is 0.341 e. The van der Waals surface area contributed by atoms with Crippen LogP contribution in [0.25, 0.3) is 0 Å². The van der Waals surface area contributed by atoms with Crippen LogP contribution in [0.5, 0.6) is 0 Å². The Morgan fingerprint density at radius 1 is 1.53 bits per heavy atom. The monoisotopic (exact) mass is 266 g/mol. The minimum atomic E-state index is -0.544. The third-order valence-electron chi connectivity index (χ3n) is 2.41. The van der Waals surface area contributed by atoms with Crippen LogP contribution < -0.4 is 16.0 Å². The summed E-state index contributed by atoms with van der Waals surface area (Å²) in [5, 5.41) is 2.67. The lowest BCUT2D eigenvalue weighted by atomic mass is 10.2. The number of esters is 1. The Kier molecular flexibility index (Phi) is 5.11. The van der Waals surface area contributed by atoms with Crippen molar-refractivity contribution in [3.63, 3.8) is 0 Å². The molecule has 0 unspecified atom stereocenters. The van der Waals surface area contributed by atoms with E-state index < -0.39 is 5.97 Å². The summed E-state index contributed by atoms with van der Waals surface area (Å²) in [6.07, 6.45) is 1.43. The molecule has 0 saturated heterocycles. The van der Waals surface area contributed by atoms with Crippen LogP contribution in [0.1, 0.15) is 17.3 Å². The van der Waals surface area contributed by atoms with Gasteiger partial charge in [0.05, 0.1) is 25.5 Å². The van der Waals surface area contributed by atoms with Crippen molar-refractivity contribution in [3.05, 3.63) is 17.8 Å². The van der Waals surface area contributed by atoms with E-state index in [-0.39, 0.29) is 18.0 Å². The molecule has 0 spiro atoms. The van der Waals surface area contributed by atoms with E-state index in [1.807, 2.05) is 6.92 Å². The molecule has 3 N–H and O–H groups in total. The van der Waals surface area contributed by atoms with Crippen molar-refractivity contribution >= 4 is 23.4 Å². The molecular weight excluding hydrogens is 248 g/mol. The molecule has 0 aliphatic carbocycles. The molecule has 104 valence electrons. The van der Waals surface area contributed by atoms with E-state index in [9.17, 15) is 9.59 Å². The van der Waals surface area contributed by atoms with E-state index in [0.717, 1.165) is 0 Å². The number of aromatic nitrogens is 1. The van der Waals surface area contributed by atoms with Gasteiger partial charge in [0.2, 0.25) is 5.91 Å². The Hall–Kier alpha value is -2.31. The second-order valence-corrected chi connectivity index (χ2v) is 3.94. The van der Waals surface area contributed by atoms with E-state index >= 15 is 0 Å². The minimum absolute atomic E-state index is 0.0920. The standard InChI is InChI=1S/C12H18N4O3/c1-4-14-10(17)7-16(2)11-9(12(18)19-3)5-8(13)6-15-11/h5-6H,4,7,13H2,1-3H3,(H,14,17). The van der Waals surface area contributed by atoms with Gasteiger partial charge in [0, 0.05) is 13.6 Å². The van der Waals surface area contributed by atoms with Crippen LogP contribution in [0.3, 0.4) is 0 Å². The first-order valence-electron chi connectivity index (χ1n) is 5.81. The predicted octanol–water partition coefficient (Wildman–Crippen LogP) is 0.0227. The van der Waals surface area contributed by atoms with Crippen molar-refractivity contribution in [3.8, 4) is 0 Å². The molecule has 7 heteroatoms. The Balaban J connectivity index is 2.98. The third kappa shape index (κ3) is 3.84. The van der Waals surface area contributed by atoms with Gasteiger partial charge in [-0.3, -0.25) is 4.79 Å². The molecule has 0 radical (unpaired) electrons. The van der Waals surface area contributed by atoms with Crippen molar-refractivity contribution in [2.75, 3.05) is 37.9 Å². The van der Waals surface area contributed by atoms with Crippen molar-refractivity contribution in [1.29, 1.82) is 0 Å². The van der Waals surface area contributed by atoms with Gasteiger partial charge in [0.25, 0.3) is 0 Å². The molecule has 0 aliphatic rings. The second-order valence-electron chi connectivity index (χ2n) is 3.94. The summed E-state index contributed by atoms with van der Waals surface area (Å²) in [7, 11) is 2.94. The number of carbonyl (C=O) groups excluding carboxylic acids is 2. The van der Waals surface area contributed by atoms with Gasteiger partial charge in [0.1, 0.15) is 11.4 Å². The van der Waals surface area contributed by atoms with Gasteiger partial charge in [-0.1, -0.05) is 0 Å². The van der Waals surface area contributed by atoms with Gasteiger partial charge in [0.15, 0.2) is 0 Å². The first kappa shape index (κ1) is 14.7. The maximum atomic E-state index is 11.7. The van der Waals surface area contributed by atoms with Crippen molar-refractivity contribution in [1.82, 2.24) is 10.3 Å². The normalized spacial score (nSPS) is 9.84. The number of nitrogens with two attached hydrogens (primary N) is 1. The Bertz CT molecular complexity index is 476. The summed E-state index contributed by atoms with van der Waals surface area (Å²) in [5.74, 6) is -0.343. The lowest BCUT2D eigenvalue weighted by Crippen LogP contribution is -2.36. The first-order valence-corrected chi connectivity index (χ1v) is 5.81. The number of likely N-dealkylation sites (N-methyl/N-ethyl adjacent to an activating group) is 2. The molecule has 0 aliphatic heterocycles. The summed E-state index contributed by atoms with van der Waals surface area (Å²) in [6.45, 7) is 2.47. The fourth-order valence-electron chi connectivity index (χ4n) is 1.58. The van der Waals surface area contributed by atoms with E-state index in [2.05, 4.69) is 15.0 Å². The van der Waals surface area contributed by atoms with E-state index in [1.165, 1.54) is 19.4 Å². The molecular formula is C12H18N4O3. The Labute approximate surface area is 111 Å². The molecule has 0 bridgehead atoms. The molecule has 7 nitrogen and oxygen atoms in total. The molecule has 0 fully saturated rings. The summed E-state index contributed by atoms with van der Waals surface area (Å²) < 4.78 is 4.67. The second kappa shape index (κ2) is 6.58. The molecule has 0 saturated carbocycles. The van der Waals surface area contributed by atoms with Gasteiger partial charge in [-0.15, -0.1) is 0 Å². The highest BCUT2D eigenvalue weighted by Gasteiger charge is 2.18. The van der Waals surface area contributed by atoms with Crippen LogP contribution in [0.15, 0.2) is 12.3 Å². The SMILES string of the molecule is CCNC(=O)CN(C)c1ncc(N)cc1C(=O)OC. The zero-order chi connectivity index (χ0) is 14.4.